The Hall–Kier alpha value is -3.32. The molecule has 2 aromatic carbocycles. The maximum absolute atomic E-state index is 12.4. The largest absolute Gasteiger partial charge is 0.507 e. The molecular formula is C19H16ClN3O4. The lowest BCUT2D eigenvalue weighted by Gasteiger charge is -2.12. The van der Waals surface area contributed by atoms with Crippen LogP contribution < -0.4 is 10.6 Å². The summed E-state index contributed by atoms with van der Waals surface area (Å²) < 4.78 is 0. The average Bonchev–Trinajstić information content (AvgIpc) is 2.85. The fraction of sp³-hybridized carbons (Fsp3) is 0.105. The molecule has 0 atom stereocenters. The molecule has 1 saturated heterocycles. The summed E-state index contributed by atoms with van der Waals surface area (Å²) in [6, 6.07) is 10.8. The molecule has 0 bridgehead atoms. The molecule has 7 nitrogen and oxygen atoms in total. The zero-order valence-corrected chi connectivity index (χ0v) is 15.1. The Morgan fingerprint density at radius 2 is 2.04 bits per heavy atom. The van der Waals surface area contributed by atoms with Crippen LogP contribution in [-0.2, 0) is 9.59 Å². The van der Waals surface area contributed by atoms with Crippen LogP contribution >= 0.6 is 11.6 Å². The minimum absolute atomic E-state index is 0.0547. The molecule has 138 valence electrons. The molecule has 0 saturated carbocycles. The molecular weight excluding hydrogens is 370 g/mol. The number of hydrogen-bond acceptors (Lipinski definition) is 4. The topological polar surface area (TPSA) is 98.7 Å². The lowest BCUT2D eigenvalue weighted by Crippen LogP contribution is -2.38. The van der Waals surface area contributed by atoms with Crippen molar-refractivity contribution in [2.45, 2.75) is 6.92 Å². The van der Waals surface area contributed by atoms with Gasteiger partial charge in [-0.3, -0.25) is 9.59 Å². The van der Waals surface area contributed by atoms with E-state index in [9.17, 15) is 19.5 Å². The number of amides is 4. The quantitative estimate of drug-likeness (QED) is 0.556. The second-order valence-electron chi connectivity index (χ2n) is 6.00. The summed E-state index contributed by atoms with van der Waals surface area (Å²) >= 11 is 5.88. The first-order chi connectivity index (χ1) is 12.8. The van der Waals surface area contributed by atoms with Gasteiger partial charge in [0.15, 0.2) is 0 Å². The van der Waals surface area contributed by atoms with Crippen LogP contribution in [0.4, 0.5) is 10.5 Å². The van der Waals surface area contributed by atoms with E-state index in [1.807, 2.05) is 13.0 Å². The number of phenolic OH excluding ortho intramolecular Hbond substituents is 1. The van der Waals surface area contributed by atoms with Crippen molar-refractivity contribution in [2.24, 2.45) is 0 Å². The van der Waals surface area contributed by atoms with Gasteiger partial charge in [0.25, 0.3) is 5.91 Å². The van der Waals surface area contributed by atoms with Gasteiger partial charge in [0.2, 0.25) is 5.91 Å². The first-order valence-corrected chi connectivity index (χ1v) is 8.41. The number of benzene rings is 2. The number of urea groups is 1. The van der Waals surface area contributed by atoms with Gasteiger partial charge in [0, 0.05) is 16.3 Å². The number of aromatic hydroxyl groups is 1. The van der Waals surface area contributed by atoms with Gasteiger partial charge in [0.05, 0.1) is 0 Å². The number of carbonyl (C=O) groups is 3. The Morgan fingerprint density at radius 3 is 2.78 bits per heavy atom. The normalized spacial score (nSPS) is 15.2. The molecule has 27 heavy (non-hydrogen) atoms. The van der Waals surface area contributed by atoms with E-state index in [0.29, 0.717) is 10.7 Å². The van der Waals surface area contributed by atoms with Crippen molar-refractivity contribution in [3.05, 3.63) is 64.3 Å². The molecule has 0 aromatic heterocycles. The number of carbonyl (C=O) groups excluding carboxylic acids is 3. The van der Waals surface area contributed by atoms with Gasteiger partial charge in [-0.1, -0.05) is 23.7 Å². The van der Waals surface area contributed by atoms with E-state index in [4.69, 9.17) is 11.6 Å². The van der Waals surface area contributed by atoms with Crippen LogP contribution in [0.5, 0.6) is 5.75 Å². The van der Waals surface area contributed by atoms with Crippen LogP contribution in [-0.4, -0.2) is 34.4 Å². The van der Waals surface area contributed by atoms with Gasteiger partial charge in [-0.25, -0.2) is 9.69 Å². The Morgan fingerprint density at radius 1 is 1.26 bits per heavy atom. The molecule has 0 unspecified atom stereocenters. The highest BCUT2D eigenvalue weighted by atomic mass is 35.5. The minimum Gasteiger partial charge on any atom is -0.507 e. The van der Waals surface area contributed by atoms with Crippen molar-refractivity contribution in [3.63, 3.8) is 0 Å². The van der Waals surface area contributed by atoms with Crippen molar-refractivity contribution < 1.29 is 19.5 Å². The Balaban J connectivity index is 1.73. The predicted octanol–water partition coefficient (Wildman–Crippen LogP) is 2.89. The smallest absolute Gasteiger partial charge is 0.329 e. The summed E-state index contributed by atoms with van der Waals surface area (Å²) in [5.41, 5.74) is 1.76. The maximum Gasteiger partial charge on any atom is 0.329 e. The first kappa shape index (κ1) is 18.5. The Bertz CT molecular complexity index is 971. The number of rotatable bonds is 4. The molecule has 1 aliphatic heterocycles. The van der Waals surface area contributed by atoms with E-state index >= 15 is 0 Å². The van der Waals surface area contributed by atoms with E-state index in [-0.39, 0.29) is 17.0 Å². The summed E-state index contributed by atoms with van der Waals surface area (Å²) in [4.78, 5) is 37.5. The van der Waals surface area contributed by atoms with Crippen LogP contribution in [0.1, 0.15) is 11.1 Å². The molecule has 8 heteroatoms. The first-order valence-electron chi connectivity index (χ1n) is 8.03. The lowest BCUT2D eigenvalue weighted by atomic mass is 10.1. The fourth-order valence-electron chi connectivity index (χ4n) is 2.58. The third-order valence-corrected chi connectivity index (χ3v) is 4.09. The summed E-state index contributed by atoms with van der Waals surface area (Å²) in [5.74, 6) is -1.26. The van der Waals surface area contributed by atoms with E-state index in [1.54, 1.807) is 18.2 Å². The summed E-state index contributed by atoms with van der Waals surface area (Å²) in [7, 11) is 0. The van der Waals surface area contributed by atoms with Crippen molar-refractivity contribution >= 4 is 41.2 Å². The zero-order chi connectivity index (χ0) is 19.6. The third-order valence-electron chi connectivity index (χ3n) is 3.86. The number of anilines is 1. The molecule has 1 aliphatic rings. The summed E-state index contributed by atoms with van der Waals surface area (Å²) in [6.45, 7) is 1.45. The van der Waals surface area contributed by atoms with Gasteiger partial charge >= 0.3 is 6.03 Å². The number of aryl methyl sites for hydroxylation is 1. The summed E-state index contributed by atoms with van der Waals surface area (Å²) in [6.07, 6.45) is 1.31. The molecule has 4 amide bonds. The number of hydrogen-bond donors (Lipinski definition) is 3. The highest BCUT2D eigenvalue weighted by Gasteiger charge is 2.35. The van der Waals surface area contributed by atoms with Crippen LogP contribution in [0.25, 0.3) is 6.08 Å². The van der Waals surface area contributed by atoms with Crippen molar-refractivity contribution in [2.75, 3.05) is 11.9 Å². The predicted molar refractivity (Wildman–Crippen MR) is 101 cm³/mol. The molecule has 0 aliphatic carbocycles. The van der Waals surface area contributed by atoms with Gasteiger partial charge in [-0.2, -0.15) is 0 Å². The van der Waals surface area contributed by atoms with Gasteiger partial charge in [0.1, 0.15) is 18.0 Å². The fourth-order valence-corrected chi connectivity index (χ4v) is 2.76. The van der Waals surface area contributed by atoms with Crippen LogP contribution in [0.2, 0.25) is 5.02 Å². The van der Waals surface area contributed by atoms with Gasteiger partial charge in [-0.15, -0.1) is 0 Å². The second kappa shape index (κ2) is 7.51. The number of nitrogens with zero attached hydrogens (tertiary/aromatic N) is 1. The maximum atomic E-state index is 12.4. The zero-order valence-electron chi connectivity index (χ0n) is 14.3. The van der Waals surface area contributed by atoms with Gasteiger partial charge in [-0.05, 0) is 48.9 Å². The van der Waals surface area contributed by atoms with Crippen LogP contribution in [0.15, 0.2) is 48.2 Å². The molecule has 1 fully saturated rings. The Labute approximate surface area is 160 Å². The van der Waals surface area contributed by atoms with Crippen molar-refractivity contribution in [1.29, 1.82) is 0 Å². The van der Waals surface area contributed by atoms with Crippen molar-refractivity contribution in [3.8, 4) is 5.75 Å². The number of phenols is 1. The molecule has 3 N–H and O–H groups in total. The van der Waals surface area contributed by atoms with E-state index in [0.717, 1.165) is 10.5 Å². The van der Waals surface area contributed by atoms with Crippen molar-refractivity contribution in [1.82, 2.24) is 10.2 Å². The van der Waals surface area contributed by atoms with E-state index in [1.165, 1.54) is 24.3 Å². The average molecular weight is 386 g/mol. The third kappa shape index (κ3) is 4.27. The highest BCUT2D eigenvalue weighted by Crippen LogP contribution is 2.25. The molecule has 2 aromatic rings. The SMILES string of the molecule is Cc1cccc(NC(=O)CN2C(=O)NC(=Cc3cc(Cl)ccc3O)C2=O)c1. The number of nitrogens with one attached hydrogen (secondary N) is 2. The molecule has 0 spiro atoms. The van der Waals surface area contributed by atoms with E-state index < -0.39 is 24.4 Å². The summed E-state index contributed by atoms with van der Waals surface area (Å²) in [5, 5.41) is 15.2. The standard InChI is InChI=1S/C19H16ClN3O4/c1-11-3-2-4-14(7-11)21-17(25)10-23-18(26)15(22-19(23)27)9-12-8-13(20)5-6-16(12)24/h2-9,24H,10H2,1H3,(H,21,25)(H,22,27). The highest BCUT2D eigenvalue weighted by molar-refractivity contribution is 6.30. The number of imide groups is 1. The monoisotopic (exact) mass is 385 g/mol. The molecule has 0 radical (unpaired) electrons. The molecule has 3 rings (SSSR count). The second-order valence-corrected chi connectivity index (χ2v) is 6.44. The van der Waals surface area contributed by atoms with Crippen LogP contribution in [0.3, 0.4) is 0 Å². The van der Waals surface area contributed by atoms with Crippen LogP contribution in [0, 0.1) is 6.92 Å². The lowest BCUT2D eigenvalue weighted by molar-refractivity contribution is -0.127. The minimum atomic E-state index is -0.716. The Kier molecular flexibility index (Phi) is 5.14. The van der Waals surface area contributed by atoms with E-state index in [2.05, 4.69) is 10.6 Å². The molecule has 1 heterocycles. The van der Waals surface area contributed by atoms with Gasteiger partial charge < -0.3 is 15.7 Å². The number of halogens is 1.